The van der Waals surface area contributed by atoms with Crippen molar-refractivity contribution < 1.29 is 23.4 Å². The molecule has 1 aliphatic heterocycles. The number of benzene rings is 2. The first-order chi connectivity index (χ1) is 16.5. The molecule has 1 heterocycles. The summed E-state index contributed by atoms with van der Waals surface area (Å²) in [6, 6.07) is 11.7. The van der Waals surface area contributed by atoms with E-state index in [4.69, 9.17) is 26.4 Å². The van der Waals surface area contributed by atoms with Gasteiger partial charge in [-0.25, -0.2) is 9.18 Å². The zero-order valence-corrected chi connectivity index (χ0v) is 19.9. The number of ether oxygens (including phenoxy) is 3. The minimum atomic E-state index is -0.433. The number of carbonyl (C=O) groups excluding carboxylic acids is 1. The summed E-state index contributed by atoms with van der Waals surface area (Å²) >= 11 is 5.33. The number of thiocarbonyl (C=S) groups is 1. The van der Waals surface area contributed by atoms with Crippen molar-refractivity contribution in [3.63, 3.8) is 0 Å². The van der Waals surface area contributed by atoms with E-state index in [1.54, 1.807) is 37.3 Å². The molecule has 2 aliphatic rings. The summed E-state index contributed by atoms with van der Waals surface area (Å²) < 4.78 is 31.0. The molecule has 2 N–H and O–H groups in total. The van der Waals surface area contributed by atoms with Crippen molar-refractivity contribution in [3.8, 4) is 11.5 Å². The number of anilines is 1. The lowest BCUT2D eigenvalue weighted by Gasteiger charge is -2.41. The van der Waals surface area contributed by atoms with Crippen LogP contribution < -0.4 is 20.2 Å². The maximum atomic E-state index is 14.0. The van der Waals surface area contributed by atoms with E-state index in [9.17, 15) is 9.18 Å². The van der Waals surface area contributed by atoms with Gasteiger partial charge in [0.15, 0.2) is 11.7 Å². The number of hydrogen-bond donors (Lipinski definition) is 2. The standard InChI is InChI=1S/C25H28FN3O4S/c1-2-31-23(30)16-32-17-10-11-22-18(14-17)21(15-25(33-22)12-6-3-7-13-25)28-29-24(34)27-20-9-5-4-8-19(20)26/h4-5,8-11,14H,2-3,6-7,12-13,15-16H2,1H3,(H2,27,29,34)/b28-21+. The molecule has 1 fully saturated rings. The number of hydrogen-bond acceptors (Lipinski definition) is 6. The summed E-state index contributed by atoms with van der Waals surface area (Å²) in [6.45, 7) is 1.86. The molecule has 1 spiro atoms. The van der Waals surface area contributed by atoms with Gasteiger partial charge in [-0.1, -0.05) is 18.6 Å². The molecule has 0 bridgehead atoms. The van der Waals surface area contributed by atoms with Crippen molar-refractivity contribution in [2.24, 2.45) is 5.10 Å². The number of para-hydroxylation sites is 1. The van der Waals surface area contributed by atoms with E-state index in [0.29, 0.717) is 24.5 Å². The second-order valence-corrected chi connectivity index (χ2v) is 8.79. The molecule has 4 rings (SSSR count). The van der Waals surface area contributed by atoms with Crippen LogP contribution in [0, 0.1) is 5.82 Å². The normalized spacial score (nSPS) is 17.4. The zero-order chi connectivity index (χ0) is 24.0. The molecule has 1 aliphatic carbocycles. The van der Waals surface area contributed by atoms with Gasteiger partial charge < -0.3 is 19.5 Å². The highest BCUT2D eigenvalue weighted by Crippen LogP contribution is 2.43. The van der Waals surface area contributed by atoms with Crippen LogP contribution in [0.15, 0.2) is 47.6 Å². The van der Waals surface area contributed by atoms with Gasteiger partial charge in [0, 0.05) is 12.0 Å². The molecule has 0 radical (unpaired) electrons. The van der Waals surface area contributed by atoms with Gasteiger partial charge in [0.2, 0.25) is 0 Å². The second kappa shape index (κ2) is 10.8. The van der Waals surface area contributed by atoms with Gasteiger partial charge in [-0.2, -0.15) is 5.10 Å². The van der Waals surface area contributed by atoms with E-state index >= 15 is 0 Å². The smallest absolute Gasteiger partial charge is 0.344 e. The largest absolute Gasteiger partial charge is 0.486 e. The minimum absolute atomic E-state index is 0.179. The summed E-state index contributed by atoms with van der Waals surface area (Å²) in [4.78, 5) is 11.7. The molecule has 0 atom stereocenters. The Labute approximate surface area is 203 Å². The SMILES string of the molecule is CCOC(=O)COc1ccc2c(c1)/C(=N/NC(=S)Nc1ccccc1F)CC1(CCCCC1)O2. The zero-order valence-electron chi connectivity index (χ0n) is 19.1. The van der Waals surface area contributed by atoms with Crippen molar-refractivity contribution in [3.05, 3.63) is 53.8 Å². The predicted octanol–water partition coefficient (Wildman–Crippen LogP) is 4.94. The highest BCUT2D eigenvalue weighted by atomic mass is 32.1. The Kier molecular flexibility index (Phi) is 7.62. The van der Waals surface area contributed by atoms with Gasteiger partial charge in [-0.15, -0.1) is 0 Å². The van der Waals surface area contributed by atoms with Gasteiger partial charge in [-0.3, -0.25) is 5.43 Å². The van der Waals surface area contributed by atoms with Crippen molar-refractivity contribution >= 4 is 34.7 Å². The average Bonchev–Trinajstić information content (AvgIpc) is 2.83. The lowest BCUT2D eigenvalue weighted by atomic mass is 9.78. The fourth-order valence-corrected chi connectivity index (χ4v) is 4.49. The molecule has 180 valence electrons. The molecule has 1 saturated carbocycles. The van der Waals surface area contributed by atoms with E-state index in [1.807, 2.05) is 6.07 Å². The Morgan fingerprint density at radius 1 is 1.21 bits per heavy atom. The number of halogens is 1. The number of esters is 1. The van der Waals surface area contributed by atoms with Crippen molar-refractivity contribution in [1.29, 1.82) is 0 Å². The highest BCUT2D eigenvalue weighted by molar-refractivity contribution is 7.80. The van der Waals surface area contributed by atoms with Gasteiger partial charge in [0.25, 0.3) is 0 Å². The lowest BCUT2D eigenvalue weighted by molar-refractivity contribution is -0.145. The van der Waals surface area contributed by atoms with E-state index in [1.165, 1.54) is 12.5 Å². The van der Waals surface area contributed by atoms with Crippen molar-refractivity contribution in [1.82, 2.24) is 5.43 Å². The van der Waals surface area contributed by atoms with Gasteiger partial charge >= 0.3 is 5.97 Å². The third-order valence-corrected chi connectivity index (χ3v) is 6.11. The Balaban J connectivity index is 1.55. The average molecular weight is 486 g/mol. The topological polar surface area (TPSA) is 81.2 Å². The molecule has 7 nitrogen and oxygen atoms in total. The maximum Gasteiger partial charge on any atom is 0.344 e. The van der Waals surface area contributed by atoms with Crippen LogP contribution in [0.1, 0.15) is 51.0 Å². The first kappa shape index (κ1) is 23.9. The number of fused-ring (bicyclic) bond motifs is 1. The number of nitrogens with zero attached hydrogens (tertiary/aromatic N) is 1. The highest BCUT2D eigenvalue weighted by Gasteiger charge is 2.40. The molecule has 2 aromatic carbocycles. The maximum absolute atomic E-state index is 14.0. The first-order valence-electron chi connectivity index (χ1n) is 11.5. The van der Waals surface area contributed by atoms with E-state index < -0.39 is 11.8 Å². The van der Waals surface area contributed by atoms with Crippen molar-refractivity contribution in [2.45, 2.75) is 51.0 Å². The van der Waals surface area contributed by atoms with Crippen LogP contribution in [0.3, 0.4) is 0 Å². The van der Waals surface area contributed by atoms with Crippen LogP contribution in [0.4, 0.5) is 10.1 Å². The van der Waals surface area contributed by atoms with Crippen LogP contribution in [0.5, 0.6) is 11.5 Å². The van der Waals surface area contributed by atoms with Crippen LogP contribution in [0.2, 0.25) is 0 Å². The third-order valence-electron chi connectivity index (χ3n) is 5.92. The third kappa shape index (κ3) is 5.83. The number of carbonyl (C=O) groups is 1. The van der Waals surface area contributed by atoms with E-state index in [2.05, 4.69) is 15.8 Å². The molecule has 0 amide bonds. The Bertz CT molecular complexity index is 1090. The minimum Gasteiger partial charge on any atom is -0.486 e. The number of nitrogens with one attached hydrogen (secondary N) is 2. The summed E-state index contributed by atoms with van der Waals surface area (Å²) in [5.41, 5.74) is 4.34. The summed E-state index contributed by atoms with van der Waals surface area (Å²) in [5, 5.41) is 7.59. The van der Waals surface area contributed by atoms with Crippen LogP contribution in [0.25, 0.3) is 0 Å². The fraction of sp³-hybridized carbons (Fsp3) is 0.400. The van der Waals surface area contributed by atoms with Crippen LogP contribution in [-0.2, 0) is 9.53 Å². The summed E-state index contributed by atoms with van der Waals surface area (Å²) in [7, 11) is 0. The van der Waals surface area contributed by atoms with Gasteiger partial charge in [-0.05, 0) is 75.2 Å². The Hall–Kier alpha value is -3.20. The van der Waals surface area contributed by atoms with Crippen LogP contribution in [-0.4, -0.2) is 35.6 Å². The van der Waals surface area contributed by atoms with Crippen molar-refractivity contribution in [2.75, 3.05) is 18.5 Å². The fourth-order valence-electron chi connectivity index (χ4n) is 4.33. The quantitative estimate of drug-likeness (QED) is 0.341. The second-order valence-electron chi connectivity index (χ2n) is 8.38. The summed E-state index contributed by atoms with van der Waals surface area (Å²) in [5.74, 6) is 0.387. The lowest BCUT2D eigenvalue weighted by Crippen LogP contribution is -2.44. The Morgan fingerprint density at radius 3 is 2.76 bits per heavy atom. The van der Waals surface area contributed by atoms with Gasteiger partial charge in [0.1, 0.15) is 22.9 Å². The van der Waals surface area contributed by atoms with Gasteiger partial charge in [0.05, 0.1) is 18.0 Å². The van der Waals surface area contributed by atoms with E-state index in [-0.39, 0.29) is 23.0 Å². The molecule has 2 aromatic rings. The molecule has 0 saturated heterocycles. The Morgan fingerprint density at radius 2 is 2.00 bits per heavy atom. The molecule has 0 aromatic heterocycles. The summed E-state index contributed by atoms with van der Waals surface area (Å²) in [6.07, 6.45) is 5.90. The molecular weight excluding hydrogens is 457 g/mol. The monoisotopic (exact) mass is 485 g/mol. The number of rotatable bonds is 6. The van der Waals surface area contributed by atoms with E-state index in [0.717, 1.165) is 37.0 Å². The molecular formula is C25H28FN3O4S. The number of hydrazone groups is 1. The van der Waals surface area contributed by atoms with Crippen LogP contribution >= 0.6 is 12.2 Å². The molecule has 0 unspecified atom stereocenters. The first-order valence-corrected chi connectivity index (χ1v) is 11.9. The molecule has 34 heavy (non-hydrogen) atoms. The molecule has 9 heteroatoms. The predicted molar refractivity (Wildman–Crippen MR) is 132 cm³/mol.